The normalized spacial score (nSPS) is 13.6. The minimum atomic E-state index is -3.68. The lowest BCUT2D eigenvalue weighted by atomic mass is 9.93. The molecule has 0 bridgehead atoms. The number of aryl methyl sites for hydroxylation is 3. The van der Waals surface area contributed by atoms with E-state index in [0.29, 0.717) is 5.69 Å². The lowest BCUT2D eigenvalue weighted by molar-refractivity contribution is -0.122. The number of ether oxygens (including phenoxy) is 1. The van der Waals surface area contributed by atoms with Crippen molar-refractivity contribution in [1.29, 1.82) is 0 Å². The van der Waals surface area contributed by atoms with Crippen LogP contribution >= 0.6 is 0 Å². The summed E-state index contributed by atoms with van der Waals surface area (Å²) in [6.45, 7) is 13.4. The molecule has 2 aromatic rings. The Kier molecular flexibility index (Phi) is 7.99. The molecule has 7 heteroatoms. The van der Waals surface area contributed by atoms with E-state index in [-0.39, 0.29) is 17.9 Å². The van der Waals surface area contributed by atoms with Gasteiger partial charge >= 0.3 is 0 Å². The van der Waals surface area contributed by atoms with Crippen molar-refractivity contribution in [3.05, 3.63) is 58.1 Å². The molecule has 2 aromatic carbocycles. The zero-order chi connectivity index (χ0) is 24.4. The summed E-state index contributed by atoms with van der Waals surface area (Å²) < 4.78 is 32.1. The predicted octanol–water partition coefficient (Wildman–Crippen LogP) is 4.78. The molecule has 0 heterocycles. The Morgan fingerprint density at radius 1 is 0.969 bits per heavy atom. The zero-order valence-corrected chi connectivity index (χ0v) is 21.4. The maximum atomic E-state index is 13.2. The third-order valence-corrected chi connectivity index (χ3v) is 6.98. The van der Waals surface area contributed by atoms with Gasteiger partial charge in [-0.3, -0.25) is 9.10 Å². The smallest absolute Gasteiger partial charge is 0.244 e. The summed E-state index contributed by atoms with van der Waals surface area (Å²) in [6, 6.07) is 8.43. The van der Waals surface area contributed by atoms with Crippen molar-refractivity contribution in [2.24, 2.45) is 0 Å². The van der Waals surface area contributed by atoms with E-state index < -0.39 is 16.1 Å². The minimum Gasteiger partial charge on any atom is -0.496 e. The molecule has 1 N–H and O–H groups in total. The molecule has 1 amide bonds. The maximum Gasteiger partial charge on any atom is 0.244 e. The van der Waals surface area contributed by atoms with Gasteiger partial charge in [0.05, 0.1) is 25.1 Å². The second-order valence-electron chi connectivity index (χ2n) is 8.86. The number of nitrogens with one attached hydrogen (secondary N) is 1. The fourth-order valence-electron chi connectivity index (χ4n) is 3.96. The van der Waals surface area contributed by atoms with Crippen molar-refractivity contribution in [2.75, 3.05) is 17.7 Å². The van der Waals surface area contributed by atoms with Gasteiger partial charge in [0.25, 0.3) is 0 Å². The molecule has 0 aliphatic carbocycles. The Bertz CT molecular complexity index is 1090. The van der Waals surface area contributed by atoms with E-state index in [1.807, 2.05) is 45.9 Å². The zero-order valence-electron chi connectivity index (χ0n) is 20.6. The number of benzene rings is 2. The summed E-state index contributed by atoms with van der Waals surface area (Å²) in [4.78, 5) is 13.2. The number of carbonyl (C=O) groups is 1. The number of anilines is 1. The molecule has 2 atom stereocenters. The third-order valence-electron chi connectivity index (χ3n) is 5.76. The van der Waals surface area contributed by atoms with E-state index in [1.165, 1.54) is 4.31 Å². The second-order valence-corrected chi connectivity index (χ2v) is 10.7. The Hall–Kier alpha value is -2.54. The van der Waals surface area contributed by atoms with Crippen LogP contribution in [-0.2, 0) is 14.8 Å². The van der Waals surface area contributed by atoms with Gasteiger partial charge < -0.3 is 10.1 Å². The van der Waals surface area contributed by atoms with E-state index in [4.69, 9.17) is 4.74 Å². The van der Waals surface area contributed by atoms with Crippen molar-refractivity contribution >= 4 is 21.6 Å². The fraction of sp³-hybridized carbons (Fsp3) is 0.480. The van der Waals surface area contributed by atoms with Crippen LogP contribution in [0.3, 0.4) is 0 Å². The molecular weight excluding hydrogens is 424 g/mol. The fourth-order valence-corrected chi connectivity index (χ4v) is 5.18. The highest BCUT2D eigenvalue weighted by atomic mass is 32.2. The number of methoxy groups -OCH3 is 1. The Balaban J connectivity index is 2.38. The lowest BCUT2D eigenvalue weighted by Gasteiger charge is -2.31. The largest absolute Gasteiger partial charge is 0.496 e. The highest BCUT2D eigenvalue weighted by Crippen LogP contribution is 2.32. The summed E-state index contributed by atoms with van der Waals surface area (Å²) in [6.07, 6.45) is 1.13. The first-order chi connectivity index (χ1) is 14.8. The van der Waals surface area contributed by atoms with Gasteiger partial charge in [-0.25, -0.2) is 8.42 Å². The van der Waals surface area contributed by atoms with Gasteiger partial charge in [0.15, 0.2) is 0 Å². The number of carbonyl (C=O) groups excluding carboxylic acids is 1. The molecule has 32 heavy (non-hydrogen) atoms. The molecule has 176 valence electrons. The number of nitrogens with zero attached hydrogens (tertiary/aromatic N) is 1. The van der Waals surface area contributed by atoms with E-state index in [2.05, 4.69) is 25.2 Å². The van der Waals surface area contributed by atoms with Crippen LogP contribution in [0.25, 0.3) is 0 Å². The lowest BCUT2D eigenvalue weighted by Crippen LogP contribution is -2.48. The number of hydrogen-bond donors (Lipinski definition) is 1. The van der Waals surface area contributed by atoms with Crippen LogP contribution in [-0.4, -0.2) is 33.7 Å². The molecule has 0 spiro atoms. The standard InChI is InChI=1S/C25H36N2O4S/c1-15(2)21-14-22(18(5)13-24(21)31-8)19(6)26-25(28)20(7)27(32(9,29)30)23-12-16(3)10-11-17(23)4/h10-15,19-20H,1-9H3,(H,26,28)/t19-,20+/m1/s1. The summed E-state index contributed by atoms with van der Waals surface area (Å²) in [5, 5.41) is 3.01. The molecular formula is C25H36N2O4S. The van der Waals surface area contributed by atoms with Gasteiger partial charge in [-0.15, -0.1) is 0 Å². The number of amides is 1. The first-order valence-corrected chi connectivity index (χ1v) is 12.7. The molecule has 0 unspecified atom stereocenters. The summed E-state index contributed by atoms with van der Waals surface area (Å²) in [5.41, 5.74) is 5.28. The average molecular weight is 461 g/mol. The molecule has 0 radical (unpaired) electrons. The van der Waals surface area contributed by atoms with Crippen LogP contribution in [0.5, 0.6) is 5.75 Å². The van der Waals surface area contributed by atoms with Crippen molar-refractivity contribution in [3.63, 3.8) is 0 Å². The third kappa shape index (κ3) is 5.63. The maximum absolute atomic E-state index is 13.2. The van der Waals surface area contributed by atoms with Crippen LogP contribution < -0.4 is 14.4 Å². The molecule has 6 nitrogen and oxygen atoms in total. The molecule has 0 fully saturated rings. The Morgan fingerprint density at radius 3 is 2.12 bits per heavy atom. The topological polar surface area (TPSA) is 75.7 Å². The molecule has 0 aromatic heterocycles. The van der Waals surface area contributed by atoms with Crippen LogP contribution in [0.1, 0.15) is 67.5 Å². The van der Waals surface area contributed by atoms with Gasteiger partial charge in [0, 0.05) is 0 Å². The first-order valence-electron chi connectivity index (χ1n) is 10.8. The molecule has 0 aliphatic heterocycles. The monoisotopic (exact) mass is 460 g/mol. The van der Waals surface area contributed by atoms with Gasteiger partial charge in [-0.05, 0) is 86.6 Å². The highest BCUT2D eigenvalue weighted by Gasteiger charge is 2.31. The van der Waals surface area contributed by atoms with Crippen LogP contribution in [0, 0.1) is 20.8 Å². The molecule has 0 saturated carbocycles. The highest BCUT2D eigenvalue weighted by molar-refractivity contribution is 7.92. The summed E-state index contributed by atoms with van der Waals surface area (Å²) in [5.74, 6) is 0.729. The van der Waals surface area contributed by atoms with Gasteiger partial charge in [-0.1, -0.05) is 26.0 Å². The first kappa shape index (κ1) is 25.7. The molecule has 0 saturated heterocycles. The average Bonchev–Trinajstić information content (AvgIpc) is 2.68. The summed E-state index contributed by atoms with van der Waals surface area (Å²) in [7, 11) is -2.03. The quantitative estimate of drug-likeness (QED) is 0.615. The van der Waals surface area contributed by atoms with E-state index in [1.54, 1.807) is 20.1 Å². The van der Waals surface area contributed by atoms with Crippen LogP contribution in [0.2, 0.25) is 0 Å². The van der Waals surface area contributed by atoms with E-state index in [9.17, 15) is 13.2 Å². The van der Waals surface area contributed by atoms with E-state index >= 15 is 0 Å². The minimum absolute atomic E-state index is 0.260. The van der Waals surface area contributed by atoms with Crippen molar-refractivity contribution in [1.82, 2.24) is 5.32 Å². The number of sulfonamides is 1. The van der Waals surface area contributed by atoms with Crippen molar-refractivity contribution < 1.29 is 17.9 Å². The summed E-state index contributed by atoms with van der Waals surface area (Å²) >= 11 is 0. The molecule has 2 rings (SSSR count). The van der Waals surface area contributed by atoms with Gasteiger partial charge in [-0.2, -0.15) is 0 Å². The molecule has 0 aliphatic rings. The predicted molar refractivity (Wildman–Crippen MR) is 131 cm³/mol. The van der Waals surface area contributed by atoms with Gasteiger partial charge in [0.1, 0.15) is 11.8 Å². The van der Waals surface area contributed by atoms with Crippen molar-refractivity contribution in [2.45, 2.75) is 66.5 Å². The van der Waals surface area contributed by atoms with Gasteiger partial charge in [0.2, 0.25) is 15.9 Å². The van der Waals surface area contributed by atoms with Crippen molar-refractivity contribution in [3.8, 4) is 5.75 Å². The Morgan fingerprint density at radius 2 is 1.59 bits per heavy atom. The number of rotatable bonds is 8. The van der Waals surface area contributed by atoms with E-state index in [0.717, 1.165) is 39.8 Å². The Labute approximate surface area is 193 Å². The van der Waals surface area contributed by atoms with Crippen LogP contribution in [0.4, 0.5) is 5.69 Å². The van der Waals surface area contributed by atoms with Crippen LogP contribution in [0.15, 0.2) is 30.3 Å². The SMILES string of the molecule is COc1cc(C)c([C@@H](C)NC(=O)[C@H](C)N(c2cc(C)ccc2C)S(C)(=O)=O)cc1C(C)C. The number of hydrogen-bond acceptors (Lipinski definition) is 4. The second kappa shape index (κ2) is 9.94.